The van der Waals surface area contributed by atoms with Gasteiger partial charge in [0.25, 0.3) is 0 Å². The molecule has 0 aromatic heterocycles. The monoisotopic (exact) mass is 462 g/mol. The maximum atomic E-state index is 10.6. The van der Waals surface area contributed by atoms with E-state index in [4.69, 9.17) is 24.4 Å². The van der Waals surface area contributed by atoms with Crippen molar-refractivity contribution in [3.63, 3.8) is 0 Å². The van der Waals surface area contributed by atoms with Crippen LogP contribution in [0.5, 0.6) is 5.75 Å². The summed E-state index contributed by atoms with van der Waals surface area (Å²) in [7, 11) is 0. The van der Waals surface area contributed by atoms with Crippen molar-refractivity contribution in [2.75, 3.05) is 10.6 Å². The highest BCUT2D eigenvalue weighted by Crippen LogP contribution is 2.21. The molecule has 0 saturated heterocycles. The van der Waals surface area contributed by atoms with Crippen LogP contribution in [-0.4, -0.2) is 27.8 Å². The predicted molar refractivity (Wildman–Crippen MR) is 140 cm³/mol. The first-order valence-electron chi connectivity index (χ1n) is 9.65. The van der Waals surface area contributed by atoms with Gasteiger partial charge in [-0.15, -0.1) is 0 Å². The average Bonchev–Trinajstić information content (AvgIpc) is 2.78. The zero-order valence-electron chi connectivity index (χ0n) is 17.2. The Morgan fingerprint density at radius 2 is 1.16 bits per heavy atom. The summed E-state index contributed by atoms with van der Waals surface area (Å²) in [6, 6.07) is 22.6. The molecular formula is C23H22N6OS2. The molecule has 0 aliphatic rings. The first kappa shape index (κ1) is 22.9. The minimum Gasteiger partial charge on any atom is -0.507 e. The van der Waals surface area contributed by atoms with Gasteiger partial charge in [-0.3, -0.25) is 10.9 Å². The lowest BCUT2D eigenvalue weighted by Gasteiger charge is -2.08. The SMILES string of the molecule is Cc1cc(C=NNC(=S)Nc2ccccc2)c(O)c(C=NNC(=S)Nc2ccccc2)c1. The fourth-order valence-corrected chi connectivity index (χ4v) is 3.06. The van der Waals surface area contributed by atoms with E-state index in [0.29, 0.717) is 21.4 Å². The molecule has 0 aliphatic carbocycles. The molecule has 0 radical (unpaired) electrons. The third-order valence-corrected chi connectivity index (χ3v) is 4.50. The minimum atomic E-state index is 0.0376. The highest BCUT2D eigenvalue weighted by Gasteiger charge is 2.06. The second-order valence-electron chi connectivity index (χ2n) is 6.67. The van der Waals surface area contributed by atoms with Gasteiger partial charge >= 0.3 is 0 Å². The number of rotatable bonds is 6. The Balaban J connectivity index is 1.59. The number of phenols is 1. The Bertz CT molecular complexity index is 1050. The molecule has 162 valence electrons. The van der Waals surface area contributed by atoms with E-state index in [1.54, 1.807) is 12.1 Å². The van der Waals surface area contributed by atoms with Gasteiger partial charge in [0, 0.05) is 22.5 Å². The number of aromatic hydroxyl groups is 1. The second-order valence-corrected chi connectivity index (χ2v) is 7.49. The van der Waals surface area contributed by atoms with Crippen LogP contribution in [0.1, 0.15) is 16.7 Å². The number of hydrazone groups is 2. The molecule has 0 bridgehead atoms. The van der Waals surface area contributed by atoms with Gasteiger partial charge in [-0.1, -0.05) is 36.4 Å². The average molecular weight is 463 g/mol. The first-order chi connectivity index (χ1) is 15.5. The standard InChI is InChI=1S/C23H22N6OS2/c1-16-12-17(14-24-28-22(31)26-19-8-4-2-5-9-19)21(30)18(13-16)15-25-29-23(32)27-20-10-6-3-7-11-20/h2-15,30H,1H3,(H2,26,28,31)(H2,27,29,32). The van der Waals surface area contributed by atoms with Crippen LogP contribution in [0.25, 0.3) is 0 Å². The minimum absolute atomic E-state index is 0.0376. The molecule has 0 spiro atoms. The van der Waals surface area contributed by atoms with Crippen molar-refractivity contribution in [1.29, 1.82) is 0 Å². The molecule has 0 unspecified atom stereocenters. The summed E-state index contributed by atoms with van der Waals surface area (Å²) in [4.78, 5) is 0. The number of benzene rings is 3. The van der Waals surface area contributed by atoms with Crippen molar-refractivity contribution in [2.24, 2.45) is 10.2 Å². The van der Waals surface area contributed by atoms with E-state index in [1.165, 1.54) is 12.4 Å². The van der Waals surface area contributed by atoms with Gasteiger partial charge in [-0.2, -0.15) is 10.2 Å². The number of nitrogens with zero attached hydrogens (tertiary/aromatic N) is 2. The van der Waals surface area contributed by atoms with Gasteiger partial charge < -0.3 is 15.7 Å². The summed E-state index contributed by atoms with van der Waals surface area (Å²) in [5.41, 5.74) is 9.14. The molecular weight excluding hydrogens is 440 g/mol. The molecule has 7 nitrogen and oxygen atoms in total. The summed E-state index contributed by atoms with van der Waals surface area (Å²) >= 11 is 10.4. The predicted octanol–water partition coefficient (Wildman–Crippen LogP) is 4.34. The van der Waals surface area contributed by atoms with Gasteiger partial charge in [0.1, 0.15) is 5.75 Å². The van der Waals surface area contributed by atoms with Crippen molar-refractivity contribution < 1.29 is 5.11 Å². The van der Waals surface area contributed by atoms with Crippen molar-refractivity contribution in [2.45, 2.75) is 6.92 Å². The molecule has 3 rings (SSSR count). The molecule has 9 heteroatoms. The second kappa shape index (κ2) is 11.5. The summed E-state index contributed by atoms with van der Waals surface area (Å²) in [5.74, 6) is 0.0376. The van der Waals surface area contributed by atoms with Crippen LogP contribution in [-0.2, 0) is 0 Å². The zero-order chi connectivity index (χ0) is 22.8. The van der Waals surface area contributed by atoms with Crippen LogP contribution in [0, 0.1) is 6.92 Å². The van der Waals surface area contributed by atoms with E-state index in [0.717, 1.165) is 16.9 Å². The van der Waals surface area contributed by atoms with Gasteiger partial charge in [0.15, 0.2) is 10.2 Å². The van der Waals surface area contributed by atoms with Gasteiger partial charge in [0.05, 0.1) is 12.4 Å². The van der Waals surface area contributed by atoms with Crippen LogP contribution in [0.15, 0.2) is 83.0 Å². The zero-order valence-corrected chi connectivity index (χ0v) is 18.9. The highest BCUT2D eigenvalue weighted by atomic mass is 32.1. The van der Waals surface area contributed by atoms with Crippen LogP contribution in [0.3, 0.4) is 0 Å². The molecule has 0 saturated carbocycles. The number of phenolic OH excluding ortho intramolecular Hbond substituents is 1. The van der Waals surface area contributed by atoms with E-state index in [1.807, 2.05) is 67.6 Å². The number of aryl methyl sites for hydroxylation is 1. The normalized spacial score (nSPS) is 10.8. The molecule has 32 heavy (non-hydrogen) atoms. The van der Waals surface area contributed by atoms with Crippen LogP contribution in [0.2, 0.25) is 0 Å². The summed E-state index contributed by atoms with van der Waals surface area (Å²) in [5, 5.41) is 25.5. The lowest BCUT2D eigenvalue weighted by atomic mass is 10.1. The number of thiocarbonyl (C=S) groups is 2. The molecule has 0 amide bonds. The number of hydrogen-bond acceptors (Lipinski definition) is 5. The number of nitrogens with one attached hydrogen (secondary N) is 4. The maximum Gasteiger partial charge on any atom is 0.191 e. The Morgan fingerprint density at radius 1 is 0.750 bits per heavy atom. The van der Waals surface area contributed by atoms with Gasteiger partial charge in [-0.25, -0.2) is 0 Å². The van der Waals surface area contributed by atoms with E-state index in [2.05, 4.69) is 31.7 Å². The van der Waals surface area contributed by atoms with E-state index in [-0.39, 0.29) is 5.75 Å². The first-order valence-corrected chi connectivity index (χ1v) is 10.5. The third-order valence-electron chi connectivity index (χ3n) is 4.12. The summed E-state index contributed by atoms with van der Waals surface area (Å²) in [6.45, 7) is 1.91. The summed E-state index contributed by atoms with van der Waals surface area (Å²) in [6.07, 6.45) is 2.99. The molecule has 0 heterocycles. The number of anilines is 2. The lowest BCUT2D eigenvalue weighted by molar-refractivity contribution is 0.473. The van der Waals surface area contributed by atoms with Crippen molar-refractivity contribution in [3.05, 3.63) is 89.5 Å². The number of para-hydroxylation sites is 2. The van der Waals surface area contributed by atoms with Crippen LogP contribution in [0.4, 0.5) is 11.4 Å². The Morgan fingerprint density at radius 3 is 1.56 bits per heavy atom. The van der Waals surface area contributed by atoms with Crippen molar-refractivity contribution >= 4 is 58.5 Å². The summed E-state index contributed by atoms with van der Waals surface area (Å²) < 4.78 is 0. The molecule has 0 aliphatic heterocycles. The Kier molecular flexibility index (Phi) is 8.24. The molecule has 3 aromatic carbocycles. The largest absolute Gasteiger partial charge is 0.507 e. The van der Waals surface area contributed by atoms with Gasteiger partial charge in [0.2, 0.25) is 0 Å². The topological polar surface area (TPSA) is 93.1 Å². The molecule has 5 N–H and O–H groups in total. The molecule has 0 atom stereocenters. The van der Waals surface area contributed by atoms with Gasteiger partial charge in [-0.05, 0) is 73.3 Å². The lowest BCUT2D eigenvalue weighted by Crippen LogP contribution is -2.24. The van der Waals surface area contributed by atoms with E-state index < -0.39 is 0 Å². The fraction of sp³-hybridized carbons (Fsp3) is 0.0435. The fourth-order valence-electron chi connectivity index (χ4n) is 2.71. The maximum absolute atomic E-state index is 10.6. The Hall–Kier alpha value is -3.82. The van der Waals surface area contributed by atoms with E-state index in [9.17, 15) is 5.11 Å². The molecule has 3 aromatic rings. The van der Waals surface area contributed by atoms with Crippen molar-refractivity contribution in [1.82, 2.24) is 10.9 Å². The van der Waals surface area contributed by atoms with E-state index >= 15 is 0 Å². The third kappa shape index (κ3) is 7.15. The quantitative estimate of drug-likeness (QED) is 0.211. The van der Waals surface area contributed by atoms with Crippen LogP contribution < -0.4 is 21.5 Å². The smallest absolute Gasteiger partial charge is 0.191 e. The highest BCUT2D eigenvalue weighted by molar-refractivity contribution is 7.80. The Labute approximate surface area is 197 Å². The molecule has 0 fully saturated rings. The van der Waals surface area contributed by atoms with Crippen molar-refractivity contribution in [3.8, 4) is 5.75 Å². The van der Waals surface area contributed by atoms with Crippen LogP contribution >= 0.6 is 24.4 Å². The number of hydrogen-bond donors (Lipinski definition) is 5.